The molecule has 0 saturated carbocycles. The quantitative estimate of drug-likeness (QED) is 0.855. The van der Waals surface area contributed by atoms with Gasteiger partial charge in [-0.3, -0.25) is 4.68 Å². The minimum Gasteiger partial charge on any atom is -0.378 e. The summed E-state index contributed by atoms with van der Waals surface area (Å²) < 4.78 is 1.92. The third-order valence-electron chi connectivity index (χ3n) is 3.12. The van der Waals surface area contributed by atoms with Crippen LogP contribution in [0.25, 0.3) is 0 Å². The van der Waals surface area contributed by atoms with Gasteiger partial charge in [0.1, 0.15) is 0 Å². The van der Waals surface area contributed by atoms with Crippen LogP contribution >= 0.6 is 0 Å². The van der Waals surface area contributed by atoms with Gasteiger partial charge in [-0.2, -0.15) is 5.10 Å². The molecule has 0 fully saturated rings. The molecule has 1 N–H and O–H groups in total. The highest BCUT2D eigenvalue weighted by Crippen LogP contribution is 2.12. The van der Waals surface area contributed by atoms with E-state index in [1.807, 2.05) is 17.1 Å². The number of aromatic nitrogens is 2. The van der Waals surface area contributed by atoms with Crippen molar-refractivity contribution < 1.29 is 0 Å². The summed E-state index contributed by atoms with van der Waals surface area (Å²) in [6.45, 7) is 8.34. The van der Waals surface area contributed by atoms with Crippen molar-refractivity contribution in [3.8, 4) is 0 Å². The van der Waals surface area contributed by atoms with Gasteiger partial charge in [0.2, 0.25) is 0 Å². The van der Waals surface area contributed by atoms with E-state index in [-0.39, 0.29) is 0 Å². The second-order valence-electron chi connectivity index (χ2n) is 5.35. The molecule has 0 saturated heterocycles. The summed E-state index contributed by atoms with van der Waals surface area (Å²) in [6.07, 6.45) is 5.06. The number of nitrogens with one attached hydrogen (secondary N) is 1. The Balaban J connectivity index is 1.89. The lowest BCUT2D eigenvalue weighted by molar-refractivity contribution is 0.647. The third-order valence-corrected chi connectivity index (χ3v) is 3.12. The molecule has 0 unspecified atom stereocenters. The second-order valence-corrected chi connectivity index (χ2v) is 5.35. The van der Waals surface area contributed by atoms with Crippen molar-refractivity contribution in [2.75, 3.05) is 5.32 Å². The van der Waals surface area contributed by atoms with Gasteiger partial charge in [-0.15, -0.1) is 0 Å². The molecule has 2 aromatic rings. The van der Waals surface area contributed by atoms with Gasteiger partial charge in [-0.1, -0.05) is 38.1 Å². The normalized spacial score (nSPS) is 10.9. The Hall–Kier alpha value is -1.77. The topological polar surface area (TPSA) is 29.9 Å². The van der Waals surface area contributed by atoms with Gasteiger partial charge < -0.3 is 5.32 Å². The Bertz CT molecular complexity index is 497. The van der Waals surface area contributed by atoms with E-state index in [0.29, 0.717) is 5.92 Å². The van der Waals surface area contributed by atoms with E-state index < -0.39 is 0 Å². The van der Waals surface area contributed by atoms with Gasteiger partial charge in [0, 0.05) is 19.3 Å². The lowest BCUT2D eigenvalue weighted by Crippen LogP contribution is -1.99. The lowest BCUT2D eigenvalue weighted by Gasteiger charge is -2.07. The van der Waals surface area contributed by atoms with Crippen molar-refractivity contribution in [3.05, 3.63) is 47.8 Å². The molecule has 3 nitrogen and oxygen atoms in total. The minimum atomic E-state index is 0.712. The summed E-state index contributed by atoms with van der Waals surface area (Å²) in [6, 6.07) is 8.86. The number of hydrogen-bond donors (Lipinski definition) is 1. The summed E-state index contributed by atoms with van der Waals surface area (Å²) >= 11 is 0. The fraction of sp³-hybridized carbons (Fsp3) is 0.438. The highest BCUT2D eigenvalue weighted by molar-refractivity contribution is 5.39. The van der Waals surface area contributed by atoms with E-state index in [9.17, 15) is 0 Å². The zero-order valence-corrected chi connectivity index (χ0v) is 12.1. The highest BCUT2D eigenvalue weighted by Gasteiger charge is 2.00. The van der Waals surface area contributed by atoms with Crippen LogP contribution in [0.15, 0.2) is 36.7 Å². The van der Waals surface area contributed by atoms with Gasteiger partial charge in [0.15, 0.2) is 0 Å². The second kappa shape index (κ2) is 6.41. The molecule has 102 valence electrons. The van der Waals surface area contributed by atoms with E-state index >= 15 is 0 Å². The average Bonchev–Trinajstić information content (AvgIpc) is 2.85. The fourth-order valence-corrected chi connectivity index (χ4v) is 2.10. The first-order valence-electron chi connectivity index (χ1n) is 7.01. The molecular weight excluding hydrogens is 234 g/mol. The molecule has 0 aliphatic heterocycles. The van der Waals surface area contributed by atoms with Crippen molar-refractivity contribution in [3.63, 3.8) is 0 Å². The Kier molecular flexibility index (Phi) is 4.61. The molecule has 0 aliphatic rings. The Morgan fingerprint density at radius 2 is 1.84 bits per heavy atom. The van der Waals surface area contributed by atoms with Crippen LogP contribution in [0.2, 0.25) is 0 Å². The average molecular weight is 257 g/mol. The van der Waals surface area contributed by atoms with Crippen LogP contribution in [-0.4, -0.2) is 9.78 Å². The summed E-state index contributed by atoms with van der Waals surface area (Å²) in [5, 5.41) is 7.64. The maximum atomic E-state index is 4.25. The van der Waals surface area contributed by atoms with Crippen molar-refractivity contribution >= 4 is 5.69 Å². The van der Waals surface area contributed by atoms with E-state index in [2.05, 4.69) is 55.5 Å². The molecule has 1 aromatic heterocycles. The molecule has 0 aliphatic carbocycles. The zero-order chi connectivity index (χ0) is 13.7. The molecule has 0 atom stereocenters. The maximum absolute atomic E-state index is 4.25. The molecule has 3 heteroatoms. The Morgan fingerprint density at radius 3 is 2.42 bits per heavy atom. The summed E-state index contributed by atoms with van der Waals surface area (Å²) in [5.41, 5.74) is 3.79. The van der Waals surface area contributed by atoms with Crippen LogP contribution in [0, 0.1) is 5.92 Å². The van der Waals surface area contributed by atoms with Crippen LogP contribution in [0.1, 0.15) is 31.9 Å². The van der Waals surface area contributed by atoms with Crippen LogP contribution in [0.5, 0.6) is 0 Å². The highest BCUT2D eigenvalue weighted by atomic mass is 15.3. The van der Waals surface area contributed by atoms with Crippen LogP contribution < -0.4 is 5.32 Å². The number of aryl methyl sites for hydroxylation is 1. The van der Waals surface area contributed by atoms with Crippen LogP contribution in [0.3, 0.4) is 0 Å². The Labute approximate surface area is 115 Å². The molecular formula is C16H23N3. The van der Waals surface area contributed by atoms with Crippen LogP contribution in [-0.2, 0) is 19.5 Å². The largest absolute Gasteiger partial charge is 0.378 e. The first-order chi connectivity index (χ1) is 9.17. The van der Waals surface area contributed by atoms with E-state index in [1.54, 1.807) is 0 Å². The molecule has 0 bridgehead atoms. The molecule has 0 amide bonds. The fourth-order valence-electron chi connectivity index (χ4n) is 2.10. The predicted octanol–water partition coefficient (Wildman–Crippen LogP) is 3.71. The molecule has 1 heterocycles. The zero-order valence-electron chi connectivity index (χ0n) is 12.1. The first kappa shape index (κ1) is 13.7. The number of hydrogen-bond acceptors (Lipinski definition) is 2. The van der Waals surface area contributed by atoms with Gasteiger partial charge in [-0.05, 0) is 30.4 Å². The van der Waals surface area contributed by atoms with E-state index in [0.717, 1.165) is 25.2 Å². The van der Waals surface area contributed by atoms with Crippen molar-refractivity contribution in [2.24, 2.45) is 5.92 Å². The number of benzene rings is 1. The number of nitrogens with zero attached hydrogens (tertiary/aromatic N) is 2. The standard InChI is InChI=1S/C16H23N3/c1-4-19-12-16(11-18-19)17-10-15-7-5-14(6-8-15)9-13(2)3/h5-8,11-13,17H,4,9-10H2,1-3H3. The van der Waals surface area contributed by atoms with Gasteiger partial charge in [-0.25, -0.2) is 0 Å². The van der Waals surface area contributed by atoms with Gasteiger partial charge >= 0.3 is 0 Å². The Morgan fingerprint density at radius 1 is 1.16 bits per heavy atom. The SMILES string of the molecule is CCn1cc(NCc2ccc(CC(C)C)cc2)cn1. The van der Waals surface area contributed by atoms with Crippen LogP contribution in [0.4, 0.5) is 5.69 Å². The molecule has 0 radical (unpaired) electrons. The maximum Gasteiger partial charge on any atom is 0.0729 e. The molecule has 0 spiro atoms. The summed E-state index contributed by atoms with van der Waals surface area (Å²) in [5.74, 6) is 0.712. The first-order valence-corrected chi connectivity index (χ1v) is 7.01. The van der Waals surface area contributed by atoms with E-state index in [1.165, 1.54) is 11.1 Å². The summed E-state index contributed by atoms with van der Waals surface area (Å²) in [7, 11) is 0. The lowest BCUT2D eigenvalue weighted by atomic mass is 10.0. The van der Waals surface area contributed by atoms with Gasteiger partial charge in [0.05, 0.1) is 11.9 Å². The summed E-state index contributed by atoms with van der Waals surface area (Å²) in [4.78, 5) is 0. The third kappa shape index (κ3) is 4.12. The monoisotopic (exact) mass is 257 g/mol. The van der Waals surface area contributed by atoms with Crippen molar-refractivity contribution in [2.45, 2.75) is 40.3 Å². The van der Waals surface area contributed by atoms with Crippen molar-refractivity contribution in [1.29, 1.82) is 0 Å². The molecule has 2 rings (SSSR count). The number of rotatable bonds is 6. The van der Waals surface area contributed by atoms with Crippen molar-refractivity contribution in [1.82, 2.24) is 9.78 Å². The van der Waals surface area contributed by atoms with E-state index in [4.69, 9.17) is 0 Å². The predicted molar refractivity (Wildman–Crippen MR) is 80.2 cm³/mol. The molecule has 1 aromatic carbocycles. The van der Waals surface area contributed by atoms with Gasteiger partial charge in [0.25, 0.3) is 0 Å². The molecule has 19 heavy (non-hydrogen) atoms. The number of anilines is 1. The minimum absolute atomic E-state index is 0.712. The smallest absolute Gasteiger partial charge is 0.0729 e.